The van der Waals surface area contributed by atoms with E-state index < -0.39 is 0 Å². The van der Waals surface area contributed by atoms with Crippen LogP contribution in [0.1, 0.15) is 403 Å². The van der Waals surface area contributed by atoms with E-state index in [0.29, 0.717) is 0 Å². The summed E-state index contributed by atoms with van der Waals surface area (Å²) in [6.07, 6.45) is 72.8. The summed E-state index contributed by atoms with van der Waals surface area (Å²) in [4.78, 5) is 3.09. The van der Waals surface area contributed by atoms with Crippen LogP contribution in [-0.2, 0) is 43.7 Å². The van der Waals surface area contributed by atoms with E-state index >= 15 is 0 Å². The minimum absolute atomic E-state index is 1.01. The Morgan fingerprint density at radius 2 is 0.500 bits per heavy atom. The molecule has 1 aliphatic heterocycles. The van der Waals surface area contributed by atoms with E-state index in [1.165, 1.54) is 340 Å². The molecule has 1 aliphatic rings. The van der Waals surface area contributed by atoms with Gasteiger partial charge in [-0.3, -0.25) is 0 Å². The summed E-state index contributed by atoms with van der Waals surface area (Å²) in [5.74, 6) is 0. The van der Waals surface area contributed by atoms with Crippen LogP contribution < -0.4 is 0 Å². The van der Waals surface area contributed by atoms with Gasteiger partial charge < -0.3 is 5.53 Å². The van der Waals surface area contributed by atoms with Gasteiger partial charge in [-0.15, -0.1) is 0 Å². The predicted molar refractivity (Wildman–Crippen MR) is 366 cm³/mol. The average Bonchev–Trinajstić information content (AvgIpc) is 3.44. The van der Waals surface area contributed by atoms with Gasteiger partial charge in [-0.25, -0.2) is 4.70 Å². The topological polar surface area (TPSA) is 25.3 Å². The van der Waals surface area contributed by atoms with Gasteiger partial charge in [0.2, 0.25) is 11.4 Å². The molecule has 3 heteroatoms. The van der Waals surface area contributed by atoms with E-state index in [1.54, 1.807) is 14.5 Å². The van der Waals surface area contributed by atoms with E-state index in [9.17, 15) is 5.53 Å². The van der Waals surface area contributed by atoms with Crippen molar-refractivity contribution in [2.45, 2.75) is 405 Å². The maximum atomic E-state index is 12.3. The Hall–Kier alpha value is -1.82. The molecule has 3 rings (SSSR count). The smallest absolute Gasteiger partial charge is 0.493 e. The second kappa shape index (κ2) is 55.7. The fourth-order valence-electron chi connectivity index (χ4n) is 12.6. The minimum Gasteiger partial charge on any atom is -0.493 e. The van der Waals surface area contributed by atoms with Crippen molar-refractivity contribution in [1.82, 2.24) is 0 Å². The molecule has 0 radical (unpaired) electrons. The molecule has 0 aliphatic carbocycles. The number of unbranched alkanes of at least 4 members (excludes halogenated alkanes) is 41. The van der Waals surface area contributed by atoms with Crippen molar-refractivity contribution in [2.24, 2.45) is 0 Å². The number of rotatable bonds is 57. The molecular weight excluding hydrogens is 1080 g/mol. The first kappa shape index (κ1) is 76.3. The number of allylic oxidation sites excluding steroid dienone is 2. The second-order valence-electron chi connectivity index (χ2n) is 25.9. The third-order valence-electron chi connectivity index (χ3n) is 17.9. The van der Waals surface area contributed by atoms with Crippen LogP contribution in [-0.4, -0.2) is 4.70 Å². The van der Waals surface area contributed by atoms with Gasteiger partial charge >= 0.3 is 169 Å². The van der Waals surface area contributed by atoms with Crippen LogP contribution in [0.15, 0.2) is 47.5 Å². The summed E-state index contributed by atoms with van der Waals surface area (Å²) in [6, 6.07) is 14.5. The van der Waals surface area contributed by atoms with Crippen LogP contribution in [0, 0.1) is 0 Å². The van der Waals surface area contributed by atoms with Crippen LogP contribution in [0.5, 0.6) is 0 Å². The average molecular weight is 1220 g/mol. The molecule has 0 amide bonds. The van der Waals surface area contributed by atoms with Crippen molar-refractivity contribution in [3.05, 3.63) is 86.5 Å². The van der Waals surface area contributed by atoms with Gasteiger partial charge in [-0.05, 0) is 118 Å². The van der Waals surface area contributed by atoms with Crippen molar-refractivity contribution >= 4 is 11.4 Å². The third kappa shape index (κ3) is 38.4. The van der Waals surface area contributed by atoms with Gasteiger partial charge in [0.1, 0.15) is 0 Å². The van der Waals surface area contributed by atoms with E-state index in [2.05, 4.69) is 91.8 Å². The molecule has 0 unspecified atom stereocenters. The first-order chi connectivity index (χ1) is 40.4. The second-order valence-corrected chi connectivity index (χ2v) is 28.2. The van der Waals surface area contributed by atoms with Crippen molar-refractivity contribution in [3.63, 3.8) is 0 Å². The molecule has 476 valence electrons. The summed E-state index contributed by atoms with van der Waals surface area (Å²) in [5.41, 5.74) is 25.1. The van der Waals surface area contributed by atoms with E-state index in [4.69, 9.17) is 0 Å². The first-order valence-electron chi connectivity index (χ1n) is 37.0. The van der Waals surface area contributed by atoms with Crippen molar-refractivity contribution in [2.75, 3.05) is 0 Å². The van der Waals surface area contributed by atoms with Gasteiger partial charge in [0.25, 0.3) is 0 Å². The van der Waals surface area contributed by atoms with E-state index in [0.717, 1.165) is 74.3 Å². The minimum atomic E-state index is 1.01. The van der Waals surface area contributed by atoms with Gasteiger partial charge in [-0.1, -0.05) is 195 Å². The molecule has 0 saturated carbocycles. The maximum absolute atomic E-state index is 12.3. The molecule has 2 aromatic rings. The summed E-state index contributed by atoms with van der Waals surface area (Å²) in [6.45, 7) is 18.3. The summed E-state index contributed by atoms with van der Waals surface area (Å²) < 4.78 is 1.61. The van der Waals surface area contributed by atoms with Crippen molar-refractivity contribution in [1.29, 1.82) is 0 Å². The molecule has 0 saturated heterocycles. The molecule has 2 nitrogen and oxygen atoms in total. The Kier molecular flexibility index (Phi) is 51.9. The summed E-state index contributed by atoms with van der Waals surface area (Å²) in [5, 5.41) is 0. The fourth-order valence-corrected chi connectivity index (χ4v) is 14.5. The molecule has 0 bridgehead atoms. The van der Waals surface area contributed by atoms with Crippen LogP contribution in [0.3, 0.4) is 0 Å². The number of benzene rings is 2. The van der Waals surface area contributed by atoms with Crippen molar-refractivity contribution in [3.8, 4) is 0 Å². The molecule has 0 atom stereocenters. The first-order valence-corrected chi connectivity index (χ1v) is 39.2. The van der Waals surface area contributed by atoms with Crippen LogP contribution in [0.25, 0.3) is 16.9 Å². The van der Waals surface area contributed by atoms with Crippen molar-refractivity contribution < 1.29 is 22.7 Å². The quantitative estimate of drug-likeness (QED) is 0.0358. The number of hydrogen-bond donors (Lipinski definition) is 0. The Morgan fingerprint density at radius 3 is 0.768 bits per heavy atom. The number of nitrogens with zero attached hydrogens (tertiary/aromatic N) is 2. The molecule has 1 heterocycles. The van der Waals surface area contributed by atoms with Crippen LogP contribution in [0.4, 0.5) is 0 Å². The summed E-state index contributed by atoms with van der Waals surface area (Å²) >= 11 is 1.06. The van der Waals surface area contributed by atoms with Crippen LogP contribution >= 0.6 is 0 Å². The molecule has 0 spiro atoms. The molecule has 2 aromatic carbocycles. The Balaban J connectivity index is 0.000000587. The van der Waals surface area contributed by atoms with Gasteiger partial charge in [0.15, 0.2) is 0 Å². The zero-order valence-electron chi connectivity index (χ0n) is 56.6. The molecule has 0 fully saturated rings. The fraction of sp³-hybridized carbons (Fsp3) is 0.797. The summed E-state index contributed by atoms with van der Waals surface area (Å²) in [7, 11) is 0. The number of hydrogen-bond acceptors (Lipinski definition) is 0. The molecule has 82 heavy (non-hydrogen) atoms. The normalized spacial score (nSPS) is 12.7. The molecule has 0 aromatic heterocycles. The van der Waals surface area contributed by atoms with E-state index in [1.807, 2.05) is 0 Å². The number of aryl methyl sites for hydroxylation is 4. The van der Waals surface area contributed by atoms with Gasteiger partial charge in [0, 0.05) is 22.3 Å². The standard InChI is InChI=1S/C45H70N2.2C17H35.Pd/c1-7-12-17-21-25-37-30-38(26-22-18-13-8-2)33-41(32-37)44-36(6)43(29-16-11-5)45(47(44)46)42-34-39(27-23-19-14-9-3)31-40(35-42)28-24-20-15-10-4;2*1-3-5-7-9-11-13-15-17-16-14-12-10-8-6-4-2;/h30-35H,7-29H2,1-6H3;2*1,3-17H2,2H3;. The predicted octanol–water partition coefficient (Wildman–Crippen LogP) is 28.2. The zero-order valence-corrected chi connectivity index (χ0v) is 58.1. The molecule has 0 N–H and O–H groups in total. The van der Waals surface area contributed by atoms with E-state index in [-0.39, 0.29) is 0 Å². The van der Waals surface area contributed by atoms with Crippen LogP contribution in [0.2, 0.25) is 9.79 Å². The van der Waals surface area contributed by atoms with Gasteiger partial charge in [0.05, 0.1) is 0 Å². The Labute approximate surface area is 522 Å². The SMILES string of the molecule is CCCCCCCCCCCCCCCC[CH2][Pd][CH2]CCCCCCCCCCCCCCCC.CCCCCCc1cc(CCCCCC)cc(C2=C(C)C(CCCC)=C(c3cc(CCCCCC)cc(CCCCCC)c3)[N+]2=[N-])c1. The zero-order chi connectivity index (χ0) is 59.2. The monoisotopic (exact) mass is 1220 g/mol. The molecular formula is C79H140N2Pd. The third-order valence-corrected chi connectivity index (χ3v) is 20.1. The Bertz CT molecular complexity index is 1760. The Morgan fingerprint density at radius 1 is 0.268 bits per heavy atom. The van der Waals surface area contributed by atoms with Gasteiger partial charge in [-0.2, -0.15) is 0 Å².